The van der Waals surface area contributed by atoms with Crippen molar-refractivity contribution in [1.82, 2.24) is 4.90 Å². The van der Waals surface area contributed by atoms with Gasteiger partial charge in [0.05, 0.1) is 30.9 Å². The molecule has 4 rings (SSSR count). The molecule has 41 heavy (non-hydrogen) atoms. The molecule has 1 fully saturated rings. The van der Waals surface area contributed by atoms with Crippen LogP contribution in [0.15, 0.2) is 82.8 Å². The van der Waals surface area contributed by atoms with Crippen molar-refractivity contribution in [3.63, 3.8) is 0 Å². The monoisotopic (exact) mass is 637 g/mol. The number of aliphatic imine (C=N–C) groups is 2. The predicted octanol–water partition coefficient (Wildman–Crippen LogP) is 3.56. The zero-order valence-corrected chi connectivity index (χ0v) is 24.6. The number of carbonyl (C=O) groups is 2. The van der Waals surface area contributed by atoms with E-state index in [0.717, 1.165) is 25.6 Å². The van der Waals surface area contributed by atoms with Gasteiger partial charge in [-0.05, 0) is 55.1 Å². The van der Waals surface area contributed by atoms with E-state index in [1.54, 1.807) is 36.4 Å². The summed E-state index contributed by atoms with van der Waals surface area (Å²) in [5, 5.41) is 26.1. The molecule has 0 bridgehead atoms. The Bertz CT molecular complexity index is 1430. The smallest absolute Gasteiger partial charge is 0.861 e. The van der Waals surface area contributed by atoms with Gasteiger partial charge in [-0.3, -0.25) is 19.7 Å². The van der Waals surface area contributed by atoms with Crippen LogP contribution in [0.1, 0.15) is 36.0 Å². The van der Waals surface area contributed by atoms with Crippen molar-refractivity contribution in [3.05, 3.63) is 99.5 Å². The van der Waals surface area contributed by atoms with Crippen LogP contribution < -0.4 is 10.2 Å². The Balaban J connectivity index is 0.00000462. The minimum absolute atomic E-state index is 0. The summed E-state index contributed by atoms with van der Waals surface area (Å²) in [4.78, 5) is 34.8. The van der Waals surface area contributed by atoms with Crippen molar-refractivity contribution in [2.24, 2.45) is 9.98 Å². The third-order valence-corrected chi connectivity index (χ3v) is 7.16. The van der Waals surface area contributed by atoms with E-state index in [9.17, 15) is 19.8 Å². The summed E-state index contributed by atoms with van der Waals surface area (Å²) in [5.74, 6) is -2.68. The van der Waals surface area contributed by atoms with E-state index in [0.29, 0.717) is 23.6 Å². The topological polar surface area (TPSA) is 117 Å². The van der Waals surface area contributed by atoms with Gasteiger partial charge in [-0.15, -0.1) is 0 Å². The van der Waals surface area contributed by atoms with Gasteiger partial charge >= 0.3 is 22.5 Å². The first-order chi connectivity index (χ1) is 19.3. The van der Waals surface area contributed by atoms with Gasteiger partial charge in [0.1, 0.15) is 6.04 Å². The Kier molecular flexibility index (Phi) is 11.9. The van der Waals surface area contributed by atoms with E-state index in [1.807, 2.05) is 30.3 Å². The van der Waals surface area contributed by atoms with Crippen molar-refractivity contribution < 1.29 is 41.0 Å². The Morgan fingerprint density at radius 3 is 2.41 bits per heavy atom. The number of carbonyl (C=O) groups excluding carboxylic acids is 2. The maximum atomic E-state index is 13.5. The number of likely N-dealkylation sites (tertiary alicyclic amines) is 1. The summed E-state index contributed by atoms with van der Waals surface area (Å²) in [6.07, 6.45) is 0.962. The number of ether oxygens (including phenoxy) is 1. The number of esters is 1. The van der Waals surface area contributed by atoms with Crippen LogP contribution in [-0.4, -0.2) is 54.2 Å². The fourth-order valence-corrected chi connectivity index (χ4v) is 5.02. The van der Waals surface area contributed by atoms with Crippen LogP contribution in [0.3, 0.4) is 0 Å². The summed E-state index contributed by atoms with van der Waals surface area (Å²) in [6.45, 7) is 1.38. The SMILES string of the molecule is COC(=O)C[C@H](N=C(c1ccccc1Cl)c1cc(Cl)ccc1N=C([O-])[C@@H]1CCCN1Cc1ccccc1)C(=O)[O-].[Ni+2]. The molecule has 8 nitrogen and oxygen atoms in total. The molecule has 1 aliphatic rings. The van der Waals surface area contributed by atoms with Gasteiger partial charge < -0.3 is 19.7 Å². The number of hydrogen-bond donors (Lipinski definition) is 0. The van der Waals surface area contributed by atoms with E-state index in [-0.39, 0.29) is 44.4 Å². The van der Waals surface area contributed by atoms with Gasteiger partial charge in [-0.1, -0.05) is 71.7 Å². The van der Waals surface area contributed by atoms with Crippen molar-refractivity contribution >= 4 is 52.4 Å². The van der Waals surface area contributed by atoms with E-state index in [2.05, 4.69) is 19.6 Å². The Hall–Kier alpha value is -3.23. The quantitative estimate of drug-likeness (QED) is 0.145. The Morgan fingerprint density at radius 2 is 1.73 bits per heavy atom. The standard InChI is InChI=1S/C30H29Cl2N3O5.Ni/c1-40-27(36)17-25(30(38)39)33-28(21-10-5-6-11-23(21)32)22-16-20(31)13-14-24(22)34-29(37)26-12-7-15-35(26)18-19-8-3-2-4-9-19;/h2-6,8-11,13-14,16,25-26H,7,12,15,17-18H2,1H3,(H,34,37)(H,38,39);/q;+2/p-2/t25-,26-;/m0./s1. The third-order valence-electron chi connectivity index (χ3n) is 6.60. The maximum Gasteiger partial charge on any atom is 2.00 e. The van der Waals surface area contributed by atoms with E-state index >= 15 is 0 Å². The molecule has 3 aromatic carbocycles. The minimum atomic E-state index is -1.59. The van der Waals surface area contributed by atoms with Crippen LogP contribution in [0.4, 0.5) is 5.69 Å². The number of methoxy groups -OCH3 is 1. The first-order valence-electron chi connectivity index (χ1n) is 12.7. The zero-order valence-electron chi connectivity index (χ0n) is 22.1. The molecule has 0 spiro atoms. The van der Waals surface area contributed by atoms with Crippen molar-refractivity contribution in [1.29, 1.82) is 0 Å². The van der Waals surface area contributed by atoms with Crippen LogP contribution in [0.25, 0.3) is 0 Å². The van der Waals surface area contributed by atoms with E-state index in [1.165, 1.54) is 6.07 Å². The second-order valence-electron chi connectivity index (χ2n) is 9.30. The molecular formula is C30H27Cl2N3NiO5. The summed E-state index contributed by atoms with van der Waals surface area (Å²) >= 11 is 12.8. The molecule has 0 saturated carbocycles. The molecule has 0 radical (unpaired) electrons. The molecule has 0 aromatic heterocycles. The van der Waals surface area contributed by atoms with E-state index < -0.39 is 30.4 Å². The molecule has 3 aromatic rings. The van der Waals surface area contributed by atoms with Crippen molar-refractivity contribution in [3.8, 4) is 0 Å². The zero-order chi connectivity index (χ0) is 28.6. The number of rotatable bonds is 10. The predicted molar refractivity (Wildman–Crippen MR) is 151 cm³/mol. The molecule has 11 heteroatoms. The van der Waals surface area contributed by atoms with Crippen LogP contribution in [0, 0.1) is 0 Å². The van der Waals surface area contributed by atoms with Gasteiger partial charge in [0.25, 0.3) is 0 Å². The molecule has 0 aliphatic carbocycles. The number of carboxylic acid groups (broad SMARTS) is 1. The largest absolute Gasteiger partial charge is 2.00 e. The average Bonchev–Trinajstić information content (AvgIpc) is 3.41. The molecule has 0 amide bonds. The first kappa shape index (κ1) is 32.3. The number of nitrogens with zero attached hydrogens (tertiary/aromatic N) is 3. The Morgan fingerprint density at radius 1 is 1.02 bits per heavy atom. The van der Waals surface area contributed by atoms with Crippen molar-refractivity contribution in [2.75, 3.05) is 13.7 Å². The second kappa shape index (κ2) is 15.1. The normalized spacial score (nSPS) is 16.6. The van der Waals surface area contributed by atoms with Gasteiger partial charge in [-0.2, -0.15) is 0 Å². The van der Waals surface area contributed by atoms with Crippen LogP contribution >= 0.6 is 23.2 Å². The molecular weight excluding hydrogens is 612 g/mol. The summed E-state index contributed by atoms with van der Waals surface area (Å²) < 4.78 is 4.64. The van der Waals surface area contributed by atoms with Gasteiger partial charge in [0, 0.05) is 33.8 Å². The number of carboxylic acids is 1. The van der Waals surface area contributed by atoms with Gasteiger partial charge in [0.15, 0.2) is 0 Å². The Labute approximate surface area is 258 Å². The molecule has 1 aliphatic heterocycles. The second-order valence-corrected chi connectivity index (χ2v) is 10.1. The molecule has 0 unspecified atom stereocenters. The number of aliphatic carboxylic acids is 1. The summed E-state index contributed by atoms with van der Waals surface area (Å²) in [6, 6.07) is 19.3. The molecule has 2 atom stereocenters. The number of hydrogen-bond acceptors (Lipinski definition) is 8. The molecule has 216 valence electrons. The summed E-state index contributed by atoms with van der Waals surface area (Å²) in [7, 11) is 1.15. The first-order valence-corrected chi connectivity index (χ1v) is 13.5. The number of halogens is 2. The fourth-order valence-electron chi connectivity index (χ4n) is 4.62. The maximum absolute atomic E-state index is 13.5. The van der Waals surface area contributed by atoms with E-state index in [4.69, 9.17) is 23.2 Å². The molecule has 0 N–H and O–H groups in total. The third kappa shape index (κ3) is 8.40. The van der Waals surface area contributed by atoms with Crippen LogP contribution in [0.2, 0.25) is 10.0 Å². The minimum Gasteiger partial charge on any atom is -0.861 e. The van der Waals surface area contributed by atoms with Gasteiger partial charge in [-0.25, -0.2) is 0 Å². The molecule has 1 heterocycles. The van der Waals surface area contributed by atoms with Crippen LogP contribution in [0.5, 0.6) is 0 Å². The average molecular weight is 639 g/mol. The van der Waals surface area contributed by atoms with Crippen molar-refractivity contribution in [2.45, 2.75) is 37.9 Å². The van der Waals surface area contributed by atoms with Crippen LogP contribution in [-0.2, 0) is 37.4 Å². The molecule has 1 saturated heterocycles. The fraction of sp³-hybridized carbons (Fsp3) is 0.267. The summed E-state index contributed by atoms with van der Waals surface area (Å²) in [5.41, 5.74) is 2.11. The number of benzene rings is 3. The van der Waals surface area contributed by atoms with Gasteiger partial charge in [0.2, 0.25) is 0 Å².